The first-order valence-corrected chi connectivity index (χ1v) is 5.79. The molecule has 1 aromatic rings. The molecule has 0 spiro atoms. The minimum Gasteiger partial charge on any atom is -0.486 e. The van der Waals surface area contributed by atoms with Gasteiger partial charge in [-0.25, -0.2) is 4.39 Å². The van der Waals surface area contributed by atoms with Crippen molar-refractivity contribution < 1.29 is 13.9 Å². The zero-order valence-electron chi connectivity index (χ0n) is 10.9. The van der Waals surface area contributed by atoms with Gasteiger partial charge in [0, 0.05) is 0 Å². The van der Waals surface area contributed by atoms with Crippen LogP contribution in [0.4, 0.5) is 4.39 Å². The van der Waals surface area contributed by atoms with E-state index in [1.165, 1.54) is 6.07 Å². The van der Waals surface area contributed by atoms with Gasteiger partial charge >= 0.3 is 0 Å². The van der Waals surface area contributed by atoms with Crippen LogP contribution in [-0.4, -0.2) is 24.1 Å². The van der Waals surface area contributed by atoms with Crippen molar-refractivity contribution in [2.45, 2.75) is 32.4 Å². The van der Waals surface area contributed by atoms with E-state index in [2.05, 4.69) is 5.32 Å². The highest BCUT2D eigenvalue weighted by Crippen LogP contribution is 2.16. The molecule has 0 saturated heterocycles. The first-order valence-electron chi connectivity index (χ1n) is 5.79. The standard InChI is InChI=1S/C13H19FN2O2/c1-9(8-16-12(17)13(2,3)15)18-11-7-5-4-6-10(11)14/h4-7,9H,8,15H2,1-3H3,(H,16,17). The van der Waals surface area contributed by atoms with Gasteiger partial charge in [-0.05, 0) is 32.9 Å². The van der Waals surface area contributed by atoms with Crippen molar-refractivity contribution in [3.05, 3.63) is 30.1 Å². The van der Waals surface area contributed by atoms with Gasteiger partial charge in [0.1, 0.15) is 6.10 Å². The van der Waals surface area contributed by atoms with Crippen LogP contribution in [0, 0.1) is 5.82 Å². The summed E-state index contributed by atoms with van der Waals surface area (Å²) in [5.41, 5.74) is 4.70. The molecule has 0 radical (unpaired) electrons. The van der Waals surface area contributed by atoms with Crippen LogP contribution in [0.15, 0.2) is 24.3 Å². The van der Waals surface area contributed by atoms with Crippen LogP contribution in [0.1, 0.15) is 20.8 Å². The molecule has 4 nitrogen and oxygen atoms in total. The summed E-state index contributed by atoms with van der Waals surface area (Å²) in [6.07, 6.45) is -0.340. The predicted octanol–water partition coefficient (Wildman–Crippen LogP) is 1.45. The quantitative estimate of drug-likeness (QED) is 0.835. The molecule has 0 bridgehead atoms. The second-order valence-electron chi connectivity index (χ2n) is 4.79. The van der Waals surface area contributed by atoms with E-state index in [-0.39, 0.29) is 24.3 Å². The lowest BCUT2D eigenvalue weighted by Crippen LogP contribution is -2.50. The van der Waals surface area contributed by atoms with Gasteiger partial charge in [0.05, 0.1) is 12.1 Å². The maximum atomic E-state index is 13.3. The Hall–Kier alpha value is -1.62. The van der Waals surface area contributed by atoms with Gasteiger partial charge in [0.2, 0.25) is 5.91 Å². The van der Waals surface area contributed by atoms with Crippen LogP contribution in [0.5, 0.6) is 5.75 Å². The second kappa shape index (κ2) is 5.82. The summed E-state index contributed by atoms with van der Waals surface area (Å²) in [5.74, 6) is -0.521. The fraction of sp³-hybridized carbons (Fsp3) is 0.462. The van der Waals surface area contributed by atoms with E-state index in [4.69, 9.17) is 10.5 Å². The molecule has 1 aromatic carbocycles. The van der Waals surface area contributed by atoms with Gasteiger partial charge in [-0.2, -0.15) is 0 Å². The Morgan fingerprint density at radius 1 is 1.50 bits per heavy atom. The maximum absolute atomic E-state index is 13.3. The lowest BCUT2D eigenvalue weighted by molar-refractivity contribution is -0.125. The molecule has 5 heteroatoms. The first-order chi connectivity index (χ1) is 8.30. The molecule has 0 aromatic heterocycles. The number of ether oxygens (including phenoxy) is 1. The third-order valence-electron chi connectivity index (χ3n) is 2.30. The molecule has 1 atom stereocenters. The number of carbonyl (C=O) groups excluding carboxylic acids is 1. The molecule has 3 N–H and O–H groups in total. The summed E-state index contributed by atoms with van der Waals surface area (Å²) in [4.78, 5) is 11.5. The van der Waals surface area contributed by atoms with Crippen molar-refractivity contribution in [2.24, 2.45) is 5.73 Å². The lowest BCUT2D eigenvalue weighted by Gasteiger charge is -2.20. The Kier molecular flexibility index (Phi) is 4.67. The Bertz CT molecular complexity index is 416. The van der Waals surface area contributed by atoms with E-state index in [1.807, 2.05) is 0 Å². The van der Waals surface area contributed by atoms with Crippen molar-refractivity contribution in [2.75, 3.05) is 6.54 Å². The van der Waals surface area contributed by atoms with E-state index in [9.17, 15) is 9.18 Å². The van der Waals surface area contributed by atoms with Gasteiger partial charge in [-0.1, -0.05) is 12.1 Å². The lowest BCUT2D eigenvalue weighted by atomic mass is 10.1. The Labute approximate surface area is 106 Å². The largest absolute Gasteiger partial charge is 0.486 e. The highest BCUT2D eigenvalue weighted by atomic mass is 19.1. The number of nitrogens with two attached hydrogens (primary N) is 1. The molecule has 1 rings (SSSR count). The summed E-state index contributed by atoms with van der Waals surface area (Å²) >= 11 is 0. The molecular weight excluding hydrogens is 235 g/mol. The van der Waals surface area contributed by atoms with E-state index < -0.39 is 11.4 Å². The number of para-hydroxylation sites is 1. The van der Waals surface area contributed by atoms with E-state index >= 15 is 0 Å². The molecule has 1 unspecified atom stereocenters. The van der Waals surface area contributed by atoms with Crippen molar-refractivity contribution in [1.29, 1.82) is 0 Å². The van der Waals surface area contributed by atoms with Crippen LogP contribution in [-0.2, 0) is 4.79 Å². The first kappa shape index (κ1) is 14.4. The van der Waals surface area contributed by atoms with Crippen LogP contribution < -0.4 is 15.8 Å². The molecule has 1 amide bonds. The minimum absolute atomic E-state index is 0.172. The van der Waals surface area contributed by atoms with Gasteiger partial charge in [0.25, 0.3) is 0 Å². The normalized spacial score (nSPS) is 12.9. The molecule has 100 valence electrons. The third kappa shape index (κ3) is 4.33. The predicted molar refractivity (Wildman–Crippen MR) is 67.8 cm³/mol. The van der Waals surface area contributed by atoms with Gasteiger partial charge in [0.15, 0.2) is 11.6 Å². The summed E-state index contributed by atoms with van der Waals surface area (Å²) in [6, 6.07) is 6.14. The number of nitrogens with one attached hydrogen (secondary N) is 1. The number of hydrogen-bond donors (Lipinski definition) is 2. The summed E-state index contributed by atoms with van der Waals surface area (Å²) in [7, 11) is 0. The molecular formula is C13H19FN2O2. The number of rotatable bonds is 5. The van der Waals surface area contributed by atoms with Crippen molar-refractivity contribution in [3.63, 3.8) is 0 Å². The summed E-state index contributed by atoms with van der Waals surface area (Å²) < 4.78 is 18.7. The smallest absolute Gasteiger partial charge is 0.239 e. The molecule has 0 fully saturated rings. The van der Waals surface area contributed by atoms with Gasteiger partial charge in [-0.3, -0.25) is 4.79 Å². The molecule has 0 heterocycles. The molecule has 0 aliphatic heterocycles. The maximum Gasteiger partial charge on any atom is 0.239 e. The monoisotopic (exact) mass is 254 g/mol. The van der Waals surface area contributed by atoms with Crippen molar-refractivity contribution >= 4 is 5.91 Å². The van der Waals surface area contributed by atoms with Crippen molar-refractivity contribution in [1.82, 2.24) is 5.32 Å². The fourth-order valence-electron chi connectivity index (χ4n) is 1.26. The van der Waals surface area contributed by atoms with Gasteiger partial charge in [-0.15, -0.1) is 0 Å². The van der Waals surface area contributed by atoms with E-state index in [0.29, 0.717) is 0 Å². The molecule has 0 aliphatic rings. The fourth-order valence-corrected chi connectivity index (χ4v) is 1.26. The van der Waals surface area contributed by atoms with Crippen molar-refractivity contribution in [3.8, 4) is 5.75 Å². The van der Waals surface area contributed by atoms with Crippen LogP contribution in [0.25, 0.3) is 0 Å². The van der Waals surface area contributed by atoms with E-state index in [1.54, 1.807) is 39.0 Å². The topological polar surface area (TPSA) is 64.4 Å². The molecule has 0 aliphatic carbocycles. The Morgan fingerprint density at radius 2 is 2.11 bits per heavy atom. The SMILES string of the molecule is CC(CNC(=O)C(C)(C)N)Oc1ccccc1F. The average Bonchev–Trinajstić information content (AvgIpc) is 2.27. The Balaban J connectivity index is 2.46. The Morgan fingerprint density at radius 3 is 2.67 bits per heavy atom. The average molecular weight is 254 g/mol. The van der Waals surface area contributed by atoms with Crippen LogP contribution in [0.2, 0.25) is 0 Å². The number of benzene rings is 1. The number of halogens is 1. The zero-order valence-corrected chi connectivity index (χ0v) is 10.9. The second-order valence-corrected chi connectivity index (χ2v) is 4.79. The number of hydrogen-bond acceptors (Lipinski definition) is 3. The zero-order chi connectivity index (χ0) is 13.8. The number of amides is 1. The van der Waals surface area contributed by atoms with Crippen LogP contribution in [0.3, 0.4) is 0 Å². The minimum atomic E-state index is -0.933. The summed E-state index contributed by atoms with van der Waals surface area (Å²) in [6.45, 7) is 5.25. The number of carbonyl (C=O) groups is 1. The highest BCUT2D eigenvalue weighted by Gasteiger charge is 2.22. The molecule has 0 saturated carbocycles. The molecule has 18 heavy (non-hydrogen) atoms. The third-order valence-corrected chi connectivity index (χ3v) is 2.30. The van der Waals surface area contributed by atoms with E-state index in [0.717, 1.165) is 0 Å². The van der Waals surface area contributed by atoms with Crippen LogP contribution >= 0.6 is 0 Å². The highest BCUT2D eigenvalue weighted by molar-refractivity contribution is 5.85. The summed E-state index contributed by atoms with van der Waals surface area (Å²) in [5, 5.41) is 2.65. The van der Waals surface area contributed by atoms with Gasteiger partial charge < -0.3 is 15.8 Å².